The molecule has 19 heavy (non-hydrogen) atoms. The number of unbranched alkanes of at least 4 members (excludes halogenated alkanes) is 2. The lowest BCUT2D eigenvalue weighted by Gasteiger charge is -2.10. The van der Waals surface area contributed by atoms with Gasteiger partial charge in [-0.2, -0.15) is 0 Å². The number of carbonyl (C=O) groups excluding carboxylic acids is 1. The molecule has 6 nitrogen and oxygen atoms in total. The van der Waals surface area contributed by atoms with Crippen LogP contribution in [0.25, 0.3) is 0 Å². The summed E-state index contributed by atoms with van der Waals surface area (Å²) >= 11 is 0. The summed E-state index contributed by atoms with van der Waals surface area (Å²) in [6.45, 7) is 1.54. The average molecular weight is 267 g/mol. The first-order valence-corrected chi connectivity index (χ1v) is 6.25. The van der Waals surface area contributed by atoms with E-state index in [2.05, 4.69) is 10.3 Å². The van der Waals surface area contributed by atoms with Crippen molar-refractivity contribution in [3.63, 3.8) is 0 Å². The number of ether oxygens (including phenoxy) is 2. The second-order valence-electron chi connectivity index (χ2n) is 4.13. The van der Waals surface area contributed by atoms with Crippen molar-refractivity contribution in [1.29, 1.82) is 0 Å². The van der Waals surface area contributed by atoms with Crippen molar-refractivity contribution in [1.82, 2.24) is 4.98 Å². The number of carbonyl (C=O) groups is 1. The summed E-state index contributed by atoms with van der Waals surface area (Å²) in [5.41, 5.74) is 6.62. The first-order chi connectivity index (χ1) is 9.19. The Kier molecular flexibility index (Phi) is 6.67. The molecule has 1 aromatic rings. The maximum Gasteiger partial charge on any atom is 0.340 e. The SMILES string of the molecule is COCCCCCNc1cnc(N)cc1C(=O)OC. The molecule has 0 amide bonds. The summed E-state index contributed by atoms with van der Waals surface area (Å²) in [7, 11) is 3.04. The summed E-state index contributed by atoms with van der Waals surface area (Å²) in [6, 6.07) is 1.51. The zero-order valence-electron chi connectivity index (χ0n) is 11.4. The highest BCUT2D eigenvalue weighted by atomic mass is 16.5. The maximum atomic E-state index is 11.6. The molecule has 0 saturated heterocycles. The Morgan fingerprint density at radius 2 is 2.16 bits per heavy atom. The van der Waals surface area contributed by atoms with Crippen LogP contribution in [-0.2, 0) is 9.47 Å². The van der Waals surface area contributed by atoms with Crippen molar-refractivity contribution in [2.45, 2.75) is 19.3 Å². The number of anilines is 2. The van der Waals surface area contributed by atoms with Gasteiger partial charge in [-0.05, 0) is 25.3 Å². The predicted octanol–water partition coefficient (Wildman–Crippen LogP) is 1.68. The minimum absolute atomic E-state index is 0.297. The molecule has 1 heterocycles. The molecule has 0 saturated carbocycles. The van der Waals surface area contributed by atoms with Crippen molar-refractivity contribution in [3.8, 4) is 0 Å². The number of esters is 1. The number of rotatable bonds is 8. The van der Waals surface area contributed by atoms with Crippen LogP contribution < -0.4 is 11.1 Å². The molecule has 0 radical (unpaired) electrons. The molecule has 0 aliphatic carbocycles. The fourth-order valence-corrected chi connectivity index (χ4v) is 1.66. The van der Waals surface area contributed by atoms with Gasteiger partial charge < -0.3 is 20.5 Å². The van der Waals surface area contributed by atoms with Crippen molar-refractivity contribution >= 4 is 17.5 Å². The Bertz CT molecular complexity index is 410. The smallest absolute Gasteiger partial charge is 0.340 e. The van der Waals surface area contributed by atoms with Crippen molar-refractivity contribution in [3.05, 3.63) is 17.8 Å². The van der Waals surface area contributed by atoms with E-state index in [0.29, 0.717) is 17.1 Å². The Labute approximate surface area is 113 Å². The first kappa shape index (κ1) is 15.2. The standard InChI is InChI=1S/C13H21N3O3/c1-18-7-5-3-4-6-15-11-9-16-12(14)8-10(11)13(17)19-2/h8-9,15H,3-7H2,1-2H3,(H2,14,16). The van der Waals surface area contributed by atoms with Gasteiger partial charge in [0.05, 0.1) is 24.6 Å². The third-order valence-corrected chi connectivity index (χ3v) is 2.67. The zero-order valence-corrected chi connectivity index (χ0v) is 11.4. The van der Waals surface area contributed by atoms with Gasteiger partial charge in [0.1, 0.15) is 5.82 Å². The molecule has 0 aromatic carbocycles. The van der Waals surface area contributed by atoms with E-state index in [0.717, 1.165) is 32.4 Å². The maximum absolute atomic E-state index is 11.6. The van der Waals surface area contributed by atoms with Crippen molar-refractivity contribution in [2.75, 3.05) is 38.4 Å². The van der Waals surface area contributed by atoms with E-state index in [4.69, 9.17) is 15.2 Å². The van der Waals surface area contributed by atoms with Crippen LogP contribution in [0, 0.1) is 0 Å². The molecule has 0 unspecified atom stereocenters. The number of methoxy groups -OCH3 is 2. The molecule has 0 bridgehead atoms. The van der Waals surface area contributed by atoms with Crippen LogP contribution in [0.2, 0.25) is 0 Å². The van der Waals surface area contributed by atoms with Crippen molar-refractivity contribution < 1.29 is 14.3 Å². The van der Waals surface area contributed by atoms with Crippen LogP contribution >= 0.6 is 0 Å². The van der Waals surface area contributed by atoms with Gasteiger partial charge in [-0.3, -0.25) is 0 Å². The number of nitrogen functional groups attached to an aromatic ring is 1. The third kappa shape index (κ3) is 5.13. The normalized spacial score (nSPS) is 10.2. The van der Waals surface area contributed by atoms with Crippen LogP contribution in [0.1, 0.15) is 29.6 Å². The van der Waals surface area contributed by atoms with E-state index < -0.39 is 5.97 Å². The highest BCUT2D eigenvalue weighted by molar-refractivity contribution is 5.96. The summed E-state index contributed by atoms with van der Waals surface area (Å²) in [5, 5.41) is 3.17. The highest BCUT2D eigenvalue weighted by Crippen LogP contribution is 2.17. The number of hydrogen-bond acceptors (Lipinski definition) is 6. The molecule has 0 spiro atoms. The molecule has 1 aromatic heterocycles. The lowest BCUT2D eigenvalue weighted by atomic mass is 10.2. The molecule has 3 N–H and O–H groups in total. The van der Waals surface area contributed by atoms with Crippen LogP contribution in [0.15, 0.2) is 12.3 Å². The molecular formula is C13H21N3O3. The summed E-state index contributed by atoms with van der Waals surface area (Å²) in [4.78, 5) is 15.6. The fourth-order valence-electron chi connectivity index (χ4n) is 1.66. The number of nitrogens with zero attached hydrogens (tertiary/aromatic N) is 1. The van der Waals surface area contributed by atoms with E-state index in [1.165, 1.54) is 13.2 Å². The van der Waals surface area contributed by atoms with Crippen LogP contribution in [0.3, 0.4) is 0 Å². The molecule has 0 atom stereocenters. The van der Waals surface area contributed by atoms with E-state index >= 15 is 0 Å². The van der Waals surface area contributed by atoms with Crippen LogP contribution in [-0.4, -0.2) is 38.3 Å². The van der Waals surface area contributed by atoms with Gasteiger partial charge in [0.15, 0.2) is 0 Å². The van der Waals surface area contributed by atoms with Crippen LogP contribution in [0.4, 0.5) is 11.5 Å². The number of aromatic nitrogens is 1. The largest absolute Gasteiger partial charge is 0.465 e. The minimum Gasteiger partial charge on any atom is -0.465 e. The summed E-state index contributed by atoms with van der Waals surface area (Å²) in [6.07, 6.45) is 4.64. The van der Waals surface area contributed by atoms with Gasteiger partial charge >= 0.3 is 5.97 Å². The van der Waals surface area contributed by atoms with Crippen molar-refractivity contribution in [2.24, 2.45) is 0 Å². The van der Waals surface area contributed by atoms with E-state index in [9.17, 15) is 4.79 Å². The number of pyridine rings is 1. The monoisotopic (exact) mass is 267 g/mol. The zero-order chi connectivity index (χ0) is 14.1. The average Bonchev–Trinajstić information content (AvgIpc) is 2.43. The van der Waals surface area contributed by atoms with Gasteiger partial charge in [-0.25, -0.2) is 9.78 Å². The second kappa shape index (κ2) is 8.31. The Balaban J connectivity index is 2.50. The van der Waals surface area contributed by atoms with Gasteiger partial charge in [-0.1, -0.05) is 0 Å². The number of hydrogen-bond donors (Lipinski definition) is 2. The Morgan fingerprint density at radius 1 is 1.37 bits per heavy atom. The molecule has 0 aliphatic rings. The number of nitrogens with two attached hydrogens (primary N) is 1. The topological polar surface area (TPSA) is 86.5 Å². The van der Waals surface area contributed by atoms with Crippen LogP contribution in [0.5, 0.6) is 0 Å². The predicted molar refractivity (Wildman–Crippen MR) is 74.2 cm³/mol. The summed E-state index contributed by atoms with van der Waals surface area (Å²) in [5.74, 6) is -0.123. The first-order valence-electron chi connectivity index (χ1n) is 6.25. The van der Waals surface area contributed by atoms with E-state index in [1.54, 1.807) is 13.3 Å². The van der Waals surface area contributed by atoms with Gasteiger partial charge in [0, 0.05) is 20.3 Å². The minimum atomic E-state index is -0.420. The lowest BCUT2D eigenvalue weighted by molar-refractivity contribution is 0.0602. The molecule has 0 fully saturated rings. The Hall–Kier alpha value is -1.82. The van der Waals surface area contributed by atoms with E-state index in [1.807, 2.05) is 0 Å². The molecule has 6 heteroatoms. The lowest BCUT2D eigenvalue weighted by Crippen LogP contribution is -2.11. The quantitative estimate of drug-likeness (QED) is 0.550. The van der Waals surface area contributed by atoms with Gasteiger partial charge in [-0.15, -0.1) is 0 Å². The Morgan fingerprint density at radius 3 is 2.84 bits per heavy atom. The molecule has 106 valence electrons. The molecular weight excluding hydrogens is 246 g/mol. The van der Waals surface area contributed by atoms with Gasteiger partial charge in [0.25, 0.3) is 0 Å². The molecule has 0 aliphatic heterocycles. The van der Waals surface area contributed by atoms with E-state index in [-0.39, 0.29) is 0 Å². The third-order valence-electron chi connectivity index (χ3n) is 2.67. The fraction of sp³-hybridized carbons (Fsp3) is 0.538. The number of nitrogens with one attached hydrogen (secondary N) is 1. The highest BCUT2D eigenvalue weighted by Gasteiger charge is 2.12. The summed E-state index contributed by atoms with van der Waals surface area (Å²) < 4.78 is 9.69. The second-order valence-corrected chi connectivity index (χ2v) is 4.13. The van der Waals surface area contributed by atoms with Gasteiger partial charge in [0.2, 0.25) is 0 Å². The molecule has 1 rings (SSSR count).